The summed E-state index contributed by atoms with van der Waals surface area (Å²) in [4.78, 5) is 30.4. The predicted octanol–water partition coefficient (Wildman–Crippen LogP) is 1.63. The topological polar surface area (TPSA) is 142 Å². The van der Waals surface area contributed by atoms with Gasteiger partial charge in [0.05, 0.1) is 18.9 Å². The number of methoxy groups -OCH3 is 1. The zero-order chi connectivity index (χ0) is 27.0. The van der Waals surface area contributed by atoms with Gasteiger partial charge in [-0.3, -0.25) is 10.0 Å². The molecule has 12 nitrogen and oxygen atoms in total. The van der Waals surface area contributed by atoms with Crippen molar-refractivity contribution in [3.05, 3.63) is 60.9 Å². The van der Waals surface area contributed by atoms with Gasteiger partial charge in [-0.25, -0.2) is 33.4 Å². The minimum absolute atomic E-state index is 0.240. The van der Waals surface area contributed by atoms with Gasteiger partial charge in [-0.05, 0) is 36.6 Å². The Kier molecular flexibility index (Phi) is 9.15. The molecule has 3 heterocycles. The van der Waals surface area contributed by atoms with Gasteiger partial charge in [0.25, 0.3) is 0 Å². The van der Waals surface area contributed by atoms with Gasteiger partial charge in [0.1, 0.15) is 11.6 Å². The summed E-state index contributed by atoms with van der Waals surface area (Å²) in [7, 11) is -2.11. The van der Waals surface area contributed by atoms with Crippen molar-refractivity contribution in [2.75, 3.05) is 43.9 Å². The van der Waals surface area contributed by atoms with Gasteiger partial charge in [-0.2, -0.15) is 4.31 Å². The zero-order valence-electron chi connectivity index (χ0n) is 21.1. The molecule has 0 saturated carbocycles. The Morgan fingerprint density at radius 1 is 1.03 bits per heavy atom. The summed E-state index contributed by atoms with van der Waals surface area (Å²) in [6.45, 7) is 1.35. The maximum atomic E-state index is 13.1. The fraction of sp³-hybridized carbons (Fsp3) is 0.400. The summed E-state index contributed by atoms with van der Waals surface area (Å²) >= 11 is 0. The van der Waals surface area contributed by atoms with Crippen LogP contribution in [0.25, 0.3) is 11.1 Å². The number of nitrogens with zero attached hydrogens (tertiary/aromatic N) is 7. The van der Waals surface area contributed by atoms with Gasteiger partial charge in [0, 0.05) is 63.0 Å². The number of hydrogen-bond acceptors (Lipinski definition) is 10. The van der Waals surface area contributed by atoms with Crippen LogP contribution >= 0.6 is 0 Å². The molecule has 0 radical (unpaired) electrons. The lowest BCUT2D eigenvalue weighted by molar-refractivity contribution is -0.158. The largest absolute Gasteiger partial charge is 0.497 e. The molecule has 1 N–H and O–H groups in total. The van der Waals surface area contributed by atoms with Gasteiger partial charge in [0.2, 0.25) is 22.4 Å². The van der Waals surface area contributed by atoms with Gasteiger partial charge < -0.3 is 9.64 Å². The van der Waals surface area contributed by atoms with Crippen molar-refractivity contribution in [1.29, 1.82) is 0 Å². The lowest BCUT2D eigenvalue weighted by atomic mass is 10.1. The van der Waals surface area contributed by atoms with Crippen LogP contribution in [-0.4, -0.2) is 94.4 Å². The average Bonchev–Trinajstić information content (AvgIpc) is 2.97. The molecule has 0 spiro atoms. The molecule has 1 unspecified atom stereocenters. The van der Waals surface area contributed by atoms with E-state index in [1.807, 2.05) is 29.2 Å². The first-order valence-corrected chi connectivity index (χ1v) is 13.9. The van der Waals surface area contributed by atoms with Crippen LogP contribution in [-0.2, 0) is 21.2 Å². The molecule has 202 valence electrons. The molecule has 1 aromatic carbocycles. The molecular weight excluding hydrogens is 510 g/mol. The average molecular weight is 542 g/mol. The summed E-state index contributed by atoms with van der Waals surface area (Å²) in [6.07, 6.45) is 8.32. The van der Waals surface area contributed by atoms with Gasteiger partial charge in [-0.1, -0.05) is 12.1 Å². The summed E-state index contributed by atoms with van der Waals surface area (Å²) in [5, 5.41) is 10.5. The minimum atomic E-state index is -3.72. The van der Waals surface area contributed by atoms with E-state index in [1.165, 1.54) is 4.31 Å². The number of anilines is 1. The molecule has 1 atom stereocenters. The van der Waals surface area contributed by atoms with E-state index >= 15 is 0 Å². The number of rotatable bonds is 12. The molecule has 1 aliphatic rings. The lowest BCUT2D eigenvalue weighted by Gasteiger charge is -2.35. The van der Waals surface area contributed by atoms with E-state index in [-0.39, 0.29) is 25.3 Å². The third-order valence-electron chi connectivity index (χ3n) is 6.42. The van der Waals surface area contributed by atoms with Crippen LogP contribution in [0.1, 0.15) is 18.7 Å². The Morgan fingerprint density at radius 2 is 1.68 bits per heavy atom. The fourth-order valence-electron chi connectivity index (χ4n) is 4.26. The van der Waals surface area contributed by atoms with Gasteiger partial charge >= 0.3 is 0 Å². The second kappa shape index (κ2) is 12.7. The zero-order valence-corrected chi connectivity index (χ0v) is 21.9. The number of aromatic nitrogens is 4. The molecule has 1 aliphatic heterocycles. The Morgan fingerprint density at radius 3 is 2.29 bits per heavy atom. The van der Waals surface area contributed by atoms with Crippen molar-refractivity contribution >= 4 is 22.4 Å². The summed E-state index contributed by atoms with van der Waals surface area (Å²) in [5.41, 5.74) is 1.83. The van der Waals surface area contributed by atoms with Crippen LogP contribution < -0.4 is 9.64 Å². The summed E-state index contributed by atoms with van der Waals surface area (Å²) in [5.74, 6) is 1.55. The third kappa shape index (κ3) is 7.00. The number of sulfonamides is 1. The third-order valence-corrected chi connectivity index (χ3v) is 8.38. The molecular formula is C25H31N7O5S. The molecule has 0 aliphatic carbocycles. The monoisotopic (exact) mass is 541 g/mol. The van der Waals surface area contributed by atoms with Gasteiger partial charge in [0.15, 0.2) is 0 Å². The van der Waals surface area contributed by atoms with Gasteiger partial charge in [-0.15, -0.1) is 0 Å². The molecule has 13 heteroatoms. The second-order valence-electron chi connectivity index (χ2n) is 8.86. The van der Waals surface area contributed by atoms with E-state index in [2.05, 4.69) is 19.9 Å². The van der Waals surface area contributed by atoms with Crippen molar-refractivity contribution in [2.24, 2.45) is 0 Å². The van der Waals surface area contributed by atoms with Crippen molar-refractivity contribution < 1.29 is 23.2 Å². The van der Waals surface area contributed by atoms with Crippen LogP contribution in [0.2, 0.25) is 0 Å². The number of hydrogen-bond donors (Lipinski definition) is 1. The maximum absolute atomic E-state index is 13.1. The molecule has 4 rings (SSSR count). The fourth-order valence-corrected chi connectivity index (χ4v) is 6.00. The number of aryl methyl sites for hydroxylation is 1. The number of ether oxygens (including phenoxy) is 1. The van der Waals surface area contributed by atoms with Crippen LogP contribution in [0, 0.1) is 0 Å². The predicted molar refractivity (Wildman–Crippen MR) is 140 cm³/mol. The SMILES string of the molecule is COc1ccc(-c2cnc(N3CCN(S(=O)(=O)CC(CCCc4ncccn4)N(O)C=O)CC3)nc2)cc1. The molecule has 1 amide bonds. The minimum Gasteiger partial charge on any atom is -0.497 e. The smallest absolute Gasteiger partial charge is 0.233 e. The number of amides is 1. The summed E-state index contributed by atoms with van der Waals surface area (Å²) < 4.78 is 32.8. The molecule has 3 aromatic rings. The van der Waals surface area contributed by atoms with E-state index in [1.54, 1.807) is 38.0 Å². The van der Waals surface area contributed by atoms with Crippen molar-refractivity contribution in [3.8, 4) is 16.9 Å². The first kappa shape index (κ1) is 27.4. The Balaban J connectivity index is 1.31. The number of hydroxylamine groups is 2. The highest BCUT2D eigenvalue weighted by atomic mass is 32.2. The normalized spacial score (nSPS) is 15.2. The molecule has 1 fully saturated rings. The van der Waals surface area contributed by atoms with E-state index < -0.39 is 16.1 Å². The number of carbonyl (C=O) groups excluding carboxylic acids is 1. The standard InChI is InChI=1S/C25H31N7O5S/c1-37-23-8-6-20(7-9-23)21-16-28-25(29-17-21)30-12-14-31(15-13-30)38(35,36)18-22(32(34)19-33)4-2-5-24-26-10-3-11-27-24/h3,6-11,16-17,19,22,34H,2,4-5,12-15,18H2,1H3. The van der Waals surface area contributed by atoms with E-state index in [0.29, 0.717) is 49.2 Å². The Bertz CT molecular complexity index is 1270. The molecule has 1 saturated heterocycles. The number of carbonyl (C=O) groups is 1. The highest BCUT2D eigenvalue weighted by Gasteiger charge is 2.32. The Labute approximate surface area is 221 Å². The quantitative estimate of drug-likeness (QED) is 0.204. The van der Waals surface area contributed by atoms with E-state index in [9.17, 15) is 18.4 Å². The first-order chi connectivity index (χ1) is 18.4. The molecule has 2 aromatic heterocycles. The van der Waals surface area contributed by atoms with E-state index in [0.717, 1.165) is 16.9 Å². The highest BCUT2D eigenvalue weighted by molar-refractivity contribution is 7.89. The van der Waals surface area contributed by atoms with Crippen LogP contribution in [0.5, 0.6) is 5.75 Å². The number of benzene rings is 1. The second-order valence-corrected chi connectivity index (χ2v) is 10.9. The van der Waals surface area contributed by atoms with Crippen molar-refractivity contribution in [1.82, 2.24) is 29.3 Å². The van der Waals surface area contributed by atoms with Crippen molar-refractivity contribution in [2.45, 2.75) is 25.3 Å². The number of piperazine rings is 1. The molecule has 0 bridgehead atoms. The summed E-state index contributed by atoms with van der Waals surface area (Å²) in [6, 6.07) is 8.45. The maximum Gasteiger partial charge on any atom is 0.233 e. The highest BCUT2D eigenvalue weighted by Crippen LogP contribution is 2.23. The lowest BCUT2D eigenvalue weighted by Crippen LogP contribution is -2.51. The first-order valence-electron chi connectivity index (χ1n) is 12.3. The van der Waals surface area contributed by atoms with Crippen LogP contribution in [0.4, 0.5) is 5.95 Å². The molecule has 38 heavy (non-hydrogen) atoms. The van der Waals surface area contributed by atoms with E-state index in [4.69, 9.17) is 4.74 Å². The van der Waals surface area contributed by atoms with Crippen molar-refractivity contribution in [3.63, 3.8) is 0 Å². The van der Waals surface area contributed by atoms with Crippen LogP contribution in [0.15, 0.2) is 55.1 Å². The Hall–Kier alpha value is -3.68. The van der Waals surface area contributed by atoms with Crippen LogP contribution in [0.3, 0.4) is 0 Å².